The fourth-order valence-corrected chi connectivity index (χ4v) is 6.97. The lowest BCUT2D eigenvalue weighted by atomic mass is 9.94. The summed E-state index contributed by atoms with van der Waals surface area (Å²) in [7, 11) is 2.14. The number of anilines is 1. The van der Waals surface area contributed by atoms with Crippen molar-refractivity contribution < 1.29 is 19.0 Å². The second-order valence-electron chi connectivity index (χ2n) is 13.5. The first-order valence-corrected chi connectivity index (χ1v) is 16.1. The molecular formula is C34H44ClN5O4. The third-order valence-electron chi connectivity index (χ3n) is 9.05. The molecule has 0 N–H and O–H groups in total. The van der Waals surface area contributed by atoms with E-state index in [-0.39, 0.29) is 24.3 Å². The highest BCUT2D eigenvalue weighted by Gasteiger charge is 2.38. The van der Waals surface area contributed by atoms with Gasteiger partial charge in [-0.15, -0.1) is 0 Å². The first kappa shape index (κ1) is 30.9. The van der Waals surface area contributed by atoms with Gasteiger partial charge in [0, 0.05) is 53.6 Å². The molecule has 6 rings (SSSR count). The fraction of sp³-hybridized carbons (Fsp3) is 0.559. The van der Waals surface area contributed by atoms with Crippen molar-refractivity contribution in [3.05, 3.63) is 58.2 Å². The van der Waals surface area contributed by atoms with Crippen LogP contribution in [0.15, 0.2) is 36.4 Å². The molecule has 2 aromatic carbocycles. The SMILES string of the molecule is C[C@@H]1CN(c2nc(OC[C@@H]3CCCN3C)nc3c2COC(c2cccc4cccc(Cl)c24)C3)[C@@H](C)CN1C(=O)OC(C)(C)C. The number of nitrogens with zero attached hydrogens (tertiary/aromatic N) is 5. The van der Waals surface area contributed by atoms with Crippen LogP contribution in [0.4, 0.5) is 10.6 Å². The van der Waals surface area contributed by atoms with Crippen LogP contribution in [0.5, 0.6) is 6.01 Å². The minimum atomic E-state index is -0.551. The van der Waals surface area contributed by atoms with E-state index in [4.69, 9.17) is 35.8 Å². The summed E-state index contributed by atoms with van der Waals surface area (Å²) < 4.78 is 18.6. The van der Waals surface area contributed by atoms with Crippen LogP contribution in [0.1, 0.15) is 70.4 Å². The van der Waals surface area contributed by atoms with Crippen molar-refractivity contribution in [3.63, 3.8) is 0 Å². The van der Waals surface area contributed by atoms with Gasteiger partial charge in [-0.3, -0.25) is 0 Å². The van der Waals surface area contributed by atoms with Crippen molar-refractivity contribution in [1.82, 2.24) is 19.8 Å². The molecule has 1 amide bonds. The maximum absolute atomic E-state index is 13.0. The highest BCUT2D eigenvalue weighted by Crippen LogP contribution is 2.40. The first-order chi connectivity index (χ1) is 21.0. The normalized spacial score (nSPS) is 24.4. The largest absolute Gasteiger partial charge is 0.462 e. The van der Waals surface area contributed by atoms with E-state index in [1.165, 1.54) is 6.42 Å². The maximum atomic E-state index is 13.0. The summed E-state index contributed by atoms with van der Waals surface area (Å²) in [6.07, 6.45) is 2.36. The number of carbonyl (C=O) groups is 1. The van der Waals surface area contributed by atoms with E-state index >= 15 is 0 Å². The molecule has 4 atom stereocenters. The molecule has 3 aliphatic rings. The Morgan fingerprint density at radius 1 is 1.09 bits per heavy atom. The number of amides is 1. The summed E-state index contributed by atoms with van der Waals surface area (Å²) >= 11 is 6.70. The van der Waals surface area contributed by atoms with Crippen molar-refractivity contribution >= 4 is 34.3 Å². The Hall–Kier alpha value is -3.14. The van der Waals surface area contributed by atoms with Crippen LogP contribution in [0.2, 0.25) is 5.02 Å². The molecule has 0 bridgehead atoms. The number of carbonyl (C=O) groups excluding carboxylic acids is 1. The number of halogens is 1. The van der Waals surface area contributed by atoms with E-state index < -0.39 is 5.60 Å². The fourth-order valence-electron chi connectivity index (χ4n) is 6.68. The Bertz CT molecular complexity index is 1520. The Morgan fingerprint density at radius 2 is 1.86 bits per heavy atom. The lowest BCUT2D eigenvalue weighted by Gasteiger charge is -2.45. The average Bonchev–Trinajstić information content (AvgIpc) is 3.39. The van der Waals surface area contributed by atoms with Gasteiger partial charge in [-0.2, -0.15) is 9.97 Å². The molecule has 0 spiro atoms. The highest BCUT2D eigenvalue weighted by atomic mass is 35.5. The van der Waals surface area contributed by atoms with Gasteiger partial charge in [-0.05, 0) is 78.1 Å². The predicted molar refractivity (Wildman–Crippen MR) is 173 cm³/mol. The number of hydrogen-bond acceptors (Lipinski definition) is 8. The van der Waals surface area contributed by atoms with Gasteiger partial charge in [-0.1, -0.05) is 41.9 Å². The Morgan fingerprint density at radius 3 is 2.59 bits per heavy atom. The third-order valence-corrected chi connectivity index (χ3v) is 9.37. The Kier molecular flexibility index (Phi) is 8.65. The monoisotopic (exact) mass is 621 g/mol. The van der Waals surface area contributed by atoms with Gasteiger partial charge in [0.05, 0.1) is 18.4 Å². The smallest absolute Gasteiger partial charge is 0.410 e. The molecule has 4 heterocycles. The topological polar surface area (TPSA) is 80.3 Å². The second-order valence-corrected chi connectivity index (χ2v) is 13.9. The molecule has 1 unspecified atom stereocenters. The average molecular weight is 622 g/mol. The standard InChI is InChI=1S/C34H44ClN5O4/c1-21-18-40(33(41)44-34(3,4)5)22(2)17-39(21)31-26-20-42-29(25-13-7-10-23-11-8-14-27(35)30(23)25)16-28(26)36-32(37-31)43-19-24-12-9-15-38(24)6/h7-8,10-11,13-14,21-22,24,29H,9,12,15-20H2,1-6H3/t21-,22+,24-,29?/m0/s1. The van der Waals surface area contributed by atoms with E-state index in [9.17, 15) is 4.79 Å². The summed E-state index contributed by atoms with van der Waals surface area (Å²) in [5, 5.41) is 2.82. The molecule has 0 saturated carbocycles. The van der Waals surface area contributed by atoms with Crippen LogP contribution in [-0.4, -0.2) is 82.9 Å². The van der Waals surface area contributed by atoms with Gasteiger partial charge in [0.25, 0.3) is 0 Å². The molecule has 1 aromatic heterocycles. The molecule has 2 saturated heterocycles. The van der Waals surface area contributed by atoms with E-state index in [1.807, 2.05) is 37.8 Å². The Balaban J connectivity index is 1.32. The van der Waals surface area contributed by atoms with Crippen molar-refractivity contribution in [2.45, 2.75) is 90.3 Å². The molecule has 2 fully saturated rings. The summed E-state index contributed by atoms with van der Waals surface area (Å²) in [6.45, 7) is 13.0. The molecular weight excluding hydrogens is 578 g/mol. The van der Waals surface area contributed by atoms with E-state index in [2.05, 4.69) is 55.0 Å². The lowest BCUT2D eigenvalue weighted by Crippen LogP contribution is -2.59. The van der Waals surface area contributed by atoms with Crippen molar-refractivity contribution in [1.29, 1.82) is 0 Å². The zero-order valence-corrected chi connectivity index (χ0v) is 27.4. The summed E-state index contributed by atoms with van der Waals surface area (Å²) in [4.78, 5) is 29.5. The zero-order valence-electron chi connectivity index (χ0n) is 26.7. The molecule has 0 radical (unpaired) electrons. The maximum Gasteiger partial charge on any atom is 0.410 e. The molecule has 3 aliphatic heterocycles. The number of ether oxygens (including phenoxy) is 3. The van der Waals surface area contributed by atoms with Crippen molar-refractivity contribution in [3.8, 4) is 6.01 Å². The molecule has 0 aliphatic carbocycles. The first-order valence-electron chi connectivity index (χ1n) is 15.8. The van der Waals surface area contributed by atoms with Crippen LogP contribution in [0, 0.1) is 0 Å². The molecule has 236 valence electrons. The van der Waals surface area contributed by atoms with Crippen LogP contribution < -0.4 is 9.64 Å². The van der Waals surface area contributed by atoms with Crippen LogP contribution in [-0.2, 0) is 22.5 Å². The number of hydrogen-bond donors (Lipinski definition) is 0. The number of piperazine rings is 1. The van der Waals surface area contributed by atoms with Gasteiger partial charge in [0.1, 0.15) is 18.0 Å². The Labute approximate surface area is 265 Å². The quantitative estimate of drug-likeness (QED) is 0.324. The molecule has 10 heteroatoms. The zero-order chi connectivity index (χ0) is 31.2. The van der Waals surface area contributed by atoms with Crippen molar-refractivity contribution in [2.24, 2.45) is 0 Å². The number of likely N-dealkylation sites (N-methyl/N-ethyl adjacent to an activating group) is 1. The van der Waals surface area contributed by atoms with Gasteiger partial charge in [-0.25, -0.2) is 4.79 Å². The number of aromatic nitrogens is 2. The van der Waals surface area contributed by atoms with Gasteiger partial charge < -0.3 is 28.9 Å². The van der Waals surface area contributed by atoms with Crippen LogP contribution in [0.3, 0.4) is 0 Å². The molecule has 3 aromatic rings. The minimum absolute atomic E-state index is 0.00105. The summed E-state index contributed by atoms with van der Waals surface area (Å²) in [5.41, 5.74) is 2.41. The van der Waals surface area contributed by atoms with Gasteiger partial charge in [0.15, 0.2) is 0 Å². The summed E-state index contributed by atoms with van der Waals surface area (Å²) in [6, 6.07) is 12.9. The lowest BCUT2D eigenvalue weighted by molar-refractivity contribution is 0.0124. The van der Waals surface area contributed by atoms with Gasteiger partial charge >= 0.3 is 12.1 Å². The van der Waals surface area contributed by atoms with E-state index in [0.29, 0.717) is 49.8 Å². The number of fused-ring (bicyclic) bond motifs is 2. The van der Waals surface area contributed by atoms with Crippen molar-refractivity contribution in [2.75, 3.05) is 38.2 Å². The third kappa shape index (κ3) is 6.32. The molecule has 9 nitrogen and oxygen atoms in total. The van der Waals surface area contributed by atoms with E-state index in [1.54, 1.807) is 0 Å². The summed E-state index contributed by atoms with van der Waals surface area (Å²) in [5.74, 6) is 0.822. The minimum Gasteiger partial charge on any atom is -0.462 e. The van der Waals surface area contributed by atoms with Crippen LogP contribution >= 0.6 is 11.6 Å². The number of benzene rings is 2. The number of rotatable bonds is 5. The van der Waals surface area contributed by atoms with E-state index in [0.717, 1.165) is 46.4 Å². The highest BCUT2D eigenvalue weighted by molar-refractivity contribution is 6.35. The molecule has 44 heavy (non-hydrogen) atoms. The predicted octanol–water partition coefficient (Wildman–Crippen LogP) is 6.40. The number of likely N-dealkylation sites (tertiary alicyclic amines) is 1. The van der Waals surface area contributed by atoms with Gasteiger partial charge in [0.2, 0.25) is 0 Å². The second kappa shape index (κ2) is 12.3. The van der Waals surface area contributed by atoms with Crippen LogP contribution in [0.25, 0.3) is 10.8 Å².